The van der Waals surface area contributed by atoms with Crippen molar-refractivity contribution >= 4 is 5.78 Å². The lowest BCUT2D eigenvalue weighted by Crippen LogP contribution is -2.03. The van der Waals surface area contributed by atoms with Crippen LogP contribution in [-0.2, 0) is 4.74 Å². The van der Waals surface area contributed by atoms with Crippen molar-refractivity contribution in [2.75, 3.05) is 0 Å². The maximum Gasteiger partial charge on any atom is 0.185 e. The molecule has 1 saturated heterocycles. The molecular weight excluding hydrogens is 248 g/mol. The molecule has 2 nitrogen and oxygen atoms in total. The Morgan fingerprint density at radius 2 is 1.65 bits per heavy atom. The average molecular weight is 264 g/mol. The summed E-state index contributed by atoms with van der Waals surface area (Å²) in [5.41, 5.74) is 1.47. The van der Waals surface area contributed by atoms with Gasteiger partial charge < -0.3 is 4.74 Å². The minimum absolute atomic E-state index is 0.00846. The fourth-order valence-corrected chi connectivity index (χ4v) is 2.31. The fraction of sp³-hybridized carbons (Fsp3) is 0.167. The first-order valence-electron chi connectivity index (χ1n) is 6.70. The first-order valence-corrected chi connectivity index (χ1v) is 6.70. The highest BCUT2D eigenvalue weighted by Crippen LogP contribution is 2.50. The number of carbonyl (C=O) groups is 1. The molecule has 20 heavy (non-hydrogen) atoms. The quantitative estimate of drug-likeness (QED) is 0.475. The van der Waals surface area contributed by atoms with Crippen molar-refractivity contribution in [3.05, 3.63) is 83.9 Å². The van der Waals surface area contributed by atoms with Gasteiger partial charge in [0.05, 0.1) is 0 Å². The Morgan fingerprint density at radius 1 is 1.05 bits per heavy atom. The second-order valence-electron chi connectivity index (χ2n) is 5.16. The van der Waals surface area contributed by atoms with E-state index >= 15 is 0 Å². The van der Waals surface area contributed by atoms with Gasteiger partial charge in [-0.05, 0) is 24.6 Å². The third-order valence-corrected chi connectivity index (χ3v) is 3.56. The second kappa shape index (κ2) is 5.06. The van der Waals surface area contributed by atoms with Gasteiger partial charge in [0.1, 0.15) is 11.7 Å². The number of epoxide rings is 1. The largest absolute Gasteiger partial charge is 0.357 e. The Labute approximate surface area is 118 Å². The Hall–Kier alpha value is -2.19. The normalized spacial score (nSPS) is 24.8. The highest BCUT2D eigenvalue weighted by molar-refractivity contribution is 6.04. The molecule has 0 radical (unpaired) electrons. The minimum atomic E-state index is -0.369. The van der Waals surface area contributed by atoms with Gasteiger partial charge in [0.25, 0.3) is 0 Å². The zero-order chi connectivity index (χ0) is 14.0. The molecule has 0 spiro atoms. The summed E-state index contributed by atoms with van der Waals surface area (Å²) in [6.45, 7) is 2.00. The lowest BCUT2D eigenvalue weighted by Gasteiger charge is -1.99. The van der Waals surface area contributed by atoms with Crippen LogP contribution in [0.15, 0.2) is 72.8 Å². The number of rotatable bonds is 4. The SMILES string of the molecule is C[C@]1(/C=C/C(=O)c2ccccc2)O[C@H]1c1ccccc1. The number of allylic oxidation sites excluding steroid dienone is 1. The average Bonchev–Trinajstić information content (AvgIpc) is 3.19. The summed E-state index contributed by atoms with van der Waals surface area (Å²) in [7, 11) is 0. The molecule has 0 unspecified atom stereocenters. The maximum absolute atomic E-state index is 12.0. The molecule has 0 aliphatic carbocycles. The molecule has 0 N–H and O–H groups in total. The summed E-state index contributed by atoms with van der Waals surface area (Å²) in [6, 6.07) is 19.3. The van der Waals surface area contributed by atoms with E-state index in [-0.39, 0.29) is 17.5 Å². The van der Waals surface area contributed by atoms with Gasteiger partial charge in [-0.1, -0.05) is 60.7 Å². The summed E-state index contributed by atoms with van der Waals surface area (Å²) in [5, 5.41) is 0. The van der Waals surface area contributed by atoms with Crippen LogP contribution < -0.4 is 0 Å². The van der Waals surface area contributed by atoms with Crippen LogP contribution in [0.2, 0.25) is 0 Å². The summed E-state index contributed by atoms with van der Waals surface area (Å²) >= 11 is 0. The van der Waals surface area contributed by atoms with Crippen molar-refractivity contribution in [3.8, 4) is 0 Å². The van der Waals surface area contributed by atoms with Gasteiger partial charge in [0.15, 0.2) is 5.78 Å². The molecular formula is C18H16O2. The molecule has 2 heteroatoms. The van der Waals surface area contributed by atoms with Gasteiger partial charge in [-0.2, -0.15) is 0 Å². The first kappa shape index (κ1) is 12.8. The molecule has 0 saturated carbocycles. The van der Waals surface area contributed by atoms with Gasteiger partial charge in [0.2, 0.25) is 0 Å². The Morgan fingerprint density at radius 3 is 2.30 bits per heavy atom. The molecule has 1 heterocycles. The molecule has 2 atom stereocenters. The van der Waals surface area contributed by atoms with Gasteiger partial charge in [0, 0.05) is 5.56 Å². The standard InChI is InChI=1S/C18H16O2/c1-18(17(20-18)15-10-6-3-7-11-15)13-12-16(19)14-8-4-2-5-9-14/h2-13,17H,1H3/b13-12+/t17-,18+/m0/s1. The van der Waals surface area contributed by atoms with E-state index in [0.717, 1.165) is 5.56 Å². The Balaban J connectivity index is 1.70. The topological polar surface area (TPSA) is 29.6 Å². The molecule has 2 aromatic rings. The van der Waals surface area contributed by atoms with Gasteiger partial charge >= 0.3 is 0 Å². The number of carbonyl (C=O) groups excluding carboxylic acids is 1. The molecule has 100 valence electrons. The number of ether oxygens (including phenoxy) is 1. The van der Waals surface area contributed by atoms with Crippen LogP contribution in [0.1, 0.15) is 28.9 Å². The van der Waals surface area contributed by atoms with Crippen LogP contribution in [0.3, 0.4) is 0 Å². The molecule has 3 rings (SSSR count). The monoisotopic (exact) mass is 264 g/mol. The Kier molecular flexibility index (Phi) is 3.25. The van der Waals surface area contributed by atoms with Crippen molar-refractivity contribution in [1.29, 1.82) is 0 Å². The third kappa shape index (κ3) is 2.56. The van der Waals surface area contributed by atoms with Crippen LogP contribution >= 0.6 is 0 Å². The molecule has 1 aliphatic heterocycles. The van der Waals surface area contributed by atoms with E-state index in [1.165, 1.54) is 0 Å². The van der Waals surface area contributed by atoms with Crippen LogP contribution in [0.4, 0.5) is 0 Å². The Bertz CT molecular complexity index is 631. The lowest BCUT2D eigenvalue weighted by atomic mass is 9.99. The van der Waals surface area contributed by atoms with E-state index in [2.05, 4.69) is 0 Å². The van der Waals surface area contributed by atoms with Gasteiger partial charge in [-0.25, -0.2) is 0 Å². The number of hydrogen-bond acceptors (Lipinski definition) is 2. The van der Waals surface area contributed by atoms with E-state index in [9.17, 15) is 4.79 Å². The summed E-state index contributed by atoms with van der Waals surface area (Å²) in [4.78, 5) is 12.0. The molecule has 2 aromatic carbocycles. The molecule has 1 fully saturated rings. The predicted octanol–water partition coefficient (Wildman–Crippen LogP) is 3.96. The fourth-order valence-electron chi connectivity index (χ4n) is 2.31. The summed E-state index contributed by atoms with van der Waals surface area (Å²) in [5.74, 6) is 0.00846. The minimum Gasteiger partial charge on any atom is -0.357 e. The van der Waals surface area contributed by atoms with Crippen LogP contribution in [-0.4, -0.2) is 11.4 Å². The van der Waals surface area contributed by atoms with Crippen molar-refractivity contribution in [3.63, 3.8) is 0 Å². The van der Waals surface area contributed by atoms with E-state index in [1.807, 2.05) is 73.7 Å². The molecule has 0 bridgehead atoms. The summed E-state index contributed by atoms with van der Waals surface area (Å²) in [6.07, 6.45) is 3.52. The molecule has 1 aliphatic rings. The van der Waals surface area contributed by atoms with Crippen molar-refractivity contribution in [1.82, 2.24) is 0 Å². The van der Waals surface area contributed by atoms with E-state index < -0.39 is 0 Å². The van der Waals surface area contributed by atoms with Gasteiger partial charge in [-0.15, -0.1) is 0 Å². The van der Waals surface area contributed by atoms with Crippen molar-refractivity contribution in [2.45, 2.75) is 18.6 Å². The maximum atomic E-state index is 12.0. The lowest BCUT2D eigenvalue weighted by molar-refractivity contribution is 0.104. The third-order valence-electron chi connectivity index (χ3n) is 3.56. The highest BCUT2D eigenvalue weighted by atomic mass is 16.6. The highest BCUT2D eigenvalue weighted by Gasteiger charge is 2.51. The van der Waals surface area contributed by atoms with Crippen molar-refractivity contribution in [2.24, 2.45) is 0 Å². The van der Waals surface area contributed by atoms with E-state index in [1.54, 1.807) is 6.08 Å². The van der Waals surface area contributed by atoms with Crippen LogP contribution in [0.25, 0.3) is 0 Å². The zero-order valence-electron chi connectivity index (χ0n) is 11.3. The zero-order valence-corrected chi connectivity index (χ0v) is 11.3. The predicted molar refractivity (Wildman–Crippen MR) is 78.6 cm³/mol. The van der Waals surface area contributed by atoms with E-state index in [4.69, 9.17) is 4.74 Å². The summed E-state index contributed by atoms with van der Waals surface area (Å²) < 4.78 is 5.74. The smallest absolute Gasteiger partial charge is 0.185 e. The van der Waals surface area contributed by atoms with Crippen LogP contribution in [0.5, 0.6) is 0 Å². The first-order chi connectivity index (χ1) is 9.69. The number of hydrogen-bond donors (Lipinski definition) is 0. The van der Waals surface area contributed by atoms with Crippen LogP contribution in [0, 0.1) is 0 Å². The number of ketones is 1. The number of benzene rings is 2. The molecule has 0 amide bonds. The van der Waals surface area contributed by atoms with Gasteiger partial charge in [-0.3, -0.25) is 4.79 Å². The molecule has 0 aromatic heterocycles. The van der Waals surface area contributed by atoms with E-state index in [0.29, 0.717) is 5.56 Å². The van der Waals surface area contributed by atoms with Crippen molar-refractivity contribution < 1.29 is 9.53 Å². The second-order valence-corrected chi connectivity index (χ2v) is 5.16.